The van der Waals surface area contributed by atoms with E-state index in [1.165, 1.54) is 23.5 Å². The average molecular weight is 377 g/mol. The van der Waals surface area contributed by atoms with E-state index in [4.69, 9.17) is 11.6 Å². The fourth-order valence-electron chi connectivity index (χ4n) is 1.79. The summed E-state index contributed by atoms with van der Waals surface area (Å²) < 4.78 is 14.4. The standard InChI is InChI=1S/C14H12BrClFNOS/c1-2-18(8-9-6-7-12(16)20-9)14(19)10-4-3-5-11(17)13(10)15/h3-7H,2,8H2,1H3. The van der Waals surface area contributed by atoms with Crippen molar-refractivity contribution in [1.82, 2.24) is 4.90 Å². The van der Waals surface area contributed by atoms with Gasteiger partial charge in [-0.25, -0.2) is 4.39 Å². The maximum absolute atomic E-state index is 13.5. The van der Waals surface area contributed by atoms with E-state index in [1.54, 1.807) is 17.0 Å². The molecule has 0 aliphatic carbocycles. The van der Waals surface area contributed by atoms with Gasteiger partial charge in [0.25, 0.3) is 5.91 Å². The maximum atomic E-state index is 13.5. The molecule has 20 heavy (non-hydrogen) atoms. The zero-order chi connectivity index (χ0) is 14.7. The van der Waals surface area contributed by atoms with Crippen molar-refractivity contribution >= 4 is 44.8 Å². The second kappa shape index (κ2) is 6.70. The normalized spacial score (nSPS) is 10.6. The third-order valence-electron chi connectivity index (χ3n) is 2.83. The maximum Gasteiger partial charge on any atom is 0.255 e. The summed E-state index contributed by atoms with van der Waals surface area (Å²) in [6, 6.07) is 8.15. The second-order valence-electron chi connectivity index (χ2n) is 4.13. The molecule has 1 aromatic carbocycles. The van der Waals surface area contributed by atoms with Gasteiger partial charge in [-0.05, 0) is 47.1 Å². The third kappa shape index (κ3) is 3.40. The Kier molecular flexibility index (Phi) is 5.18. The zero-order valence-electron chi connectivity index (χ0n) is 10.7. The lowest BCUT2D eigenvalue weighted by Crippen LogP contribution is -2.30. The van der Waals surface area contributed by atoms with Crippen LogP contribution in [0.1, 0.15) is 22.2 Å². The lowest BCUT2D eigenvalue weighted by Gasteiger charge is -2.21. The lowest BCUT2D eigenvalue weighted by atomic mass is 10.2. The van der Waals surface area contributed by atoms with Crippen LogP contribution in [0.15, 0.2) is 34.8 Å². The van der Waals surface area contributed by atoms with Crippen molar-refractivity contribution in [2.24, 2.45) is 0 Å². The Bertz CT molecular complexity index is 631. The quantitative estimate of drug-likeness (QED) is 0.738. The molecule has 0 fully saturated rings. The van der Waals surface area contributed by atoms with Gasteiger partial charge in [0.05, 0.1) is 20.9 Å². The van der Waals surface area contributed by atoms with Crippen LogP contribution in [0.4, 0.5) is 4.39 Å². The molecule has 0 atom stereocenters. The van der Waals surface area contributed by atoms with Crippen LogP contribution in [0.3, 0.4) is 0 Å². The van der Waals surface area contributed by atoms with Gasteiger partial charge in [-0.2, -0.15) is 0 Å². The van der Waals surface area contributed by atoms with E-state index >= 15 is 0 Å². The Morgan fingerprint density at radius 3 is 2.75 bits per heavy atom. The Morgan fingerprint density at radius 1 is 1.40 bits per heavy atom. The molecule has 2 rings (SSSR count). The van der Waals surface area contributed by atoms with E-state index in [0.29, 0.717) is 23.0 Å². The average Bonchev–Trinajstić information content (AvgIpc) is 2.84. The first-order valence-corrected chi connectivity index (χ1v) is 7.99. The summed E-state index contributed by atoms with van der Waals surface area (Å²) in [5.41, 5.74) is 0.328. The van der Waals surface area contributed by atoms with Crippen LogP contribution in [0.2, 0.25) is 4.34 Å². The van der Waals surface area contributed by atoms with Gasteiger partial charge in [-0.3, -0.25) is 4.79 Å². The minimum atomic E-state index is -0.439. The van der Waals surface area contributed by atoms with E-state index in [0.717, 1.165) is 4.88 Å². The van der Waals surface area contributed by atoms with Gasteiger partial charge in [0, 0.05) is 11.4 Å². The van der Waals surface area contributed by atoms with Crippen molar-refractivity contribution in [3.8, 4) is 0 Å². The highest BCUT2D eigenvalue weighted by Gasteiger charge is 2.19. The van der Waals surface area contributed by atoms with Crippen LogP contribution in [0.5, 0.6) is 0 Å². The predicted octanol–water partition coefficient (Wildman–Crippen LogP) is 4.97. The predicted molar refractivity (Wildman–Crippen MR) is 83.8 cm³/mol. The number of carbonyl (C=O) groups is 1. The van der Waals surface area contributed by atoms with Crippen LogP contribution in [0.25, 0.3) is 0 Å². The topological polar surface area (TPSA) is 20.3 Å². The number of amides is 1. The second-order valence-corrected chi connectivity index (χ2v) is 6.72. The molecule has 0 radical (unpaired) electrons. The Morgan fingerprint density at radius 2 is 2.15 bits per heavy atom. The molecule has 106 valence electrons. The fourth-order valence-corrected chi connectivity index (χ4v) is 3.33. The molecule has 2 nitrogen and oxygen atoms in total. The van der Waals surface area contributed by atoms with Crippen molar-refractivity contribution < 1.29 is 9.18 Å². The number of nitrogens with zero attached hydrogens (tertiary/aromatic N) is 1. The summed E-state index contributed by atoms with van der Waals surface area (Å²) in [5.74, 6) is -0.644. The van der Waals surface area contributed by atoms with Crippen molar-refractivity contribution in [1.29, 1.82) is 0 Å². The minimum absolute atomic E-state index is 0.202. The van der Waals surface area contributed by atoms with Crippen LogP contribution in [-0.4, -0.2) is 17.4 Å². The summed E-state index contributed by atoms with van der Waals surface area (Å²) in [7, 11) is 0. The largest absolute Gasteiger partial charge is 0.334 e. The van der Waals surface area contributed by atoms with Crippen molar-refractivity contribution in [2.45, 2.75) is 13.5 Å². The van der Waals surface area contributed by atoms with Gasteiger partial charge in [-0.1, -0.05) is 17.7 Å². The molecule has 1 aromatic heterocycles. The first-order chi connectivity index (χ1) is 9.52. The number of halogens is 3. The first-order valence-electron chi connectivity index (χ1n) is 6.00. The minimum Gasteiger partial charge on any atom is -0.334 e. The molecule has 0 saturated carbocycles. The molecule has 0 bridgehead atoms. The summed E-state index contributed by atoms with van der Waals surface area (Å²) in [5, 5.41) is 0. The lowest BCUT2D eigenvalue weighted by molar-refractivity contribution is 0.0752. The van der Waals surface area contributed by atoms with Crippen molar-refractivity contribution in [3.05, 3.63) is 55.4 Å². The monoisotopic (exact) mass is 375 g/mol. The summed E-state index contributed by atoms with van der Waals surface area (Å²) in [6.07, 6.45) is 0. The Hall–Kier alpha value is -0.910. The van der Waals surface area contributed by atoms with Crippen LogP contribution in [0, 0.1) is 5.82 Å². The molecule has 2 aromatic rings. The molecule has 1 amide bonds. The number of benzene rings is 1. The van der Waals surface area contributed by atoms with Gasteiger partial charge in [0.2, 0.25) is 0 Å². The van der Waals surface area contributed by atoms with Gasteiger partial charge in [0.1, 0.15) is 5.82 Å². The van der Waals surface area contributed by atoms with Gasteiger partial charge < -0.3 is 4.90 Å². The van der Waals surface area contributed by atoms with Crippen LogP contribution in [-0.2, 0) is 6.54 Å². The highest BCUT2D eigenvalue weighted by atomic mass is 79.9. The number of thiophene rings is 1. The first kappa shape index (κ1) is 15.5. The summed E-state index contributed by atoms with van der Waals surface area (Å²) in [6.45, 7) is 2.90. The zero-order valence-corrected chi connectivity index (χ0v) is 13.9. The van der Waals surface area contributed by atoms with E-state index in [9.17, 15) is 9.18 Å². The van der Waals surface area contributed by atoms with Gasteiger partial charge >= 0.3 is 0 Å². The number of hydrogen-bond donors (Lipinski definition) is 0. The van der Waals surface area contributed by atoms with Crippen LogP contribution < -0.4 is 0 Å². The molecule has 0 N–H and O–H groups in total. The highest BCUT2D eigenvalue weighted by molar-refractivity contribution is 9.10. The fraction of sp³-hybridized carbons (Fsp3) is 0.214. The van der Waals surface area contributed by atoms with Crippen molar-refractivity contribution in [3.63, 3.8) is 0 Å². The number of carbonyl (C=O) groups excluding carboxylic acids is 1. The smallest absolute Gasteiger partial charge is 0.255 e. The molecule has 0 unspecified atom stereocenters. The number of hydrogen-bond acceptors (Lipinski definition) is 2. The molecule has 1 heterocycles. The van der Waals surface area contributed by atoms with Crippen LogP contribution >= 0.6 is 38.9 Å². The molecular formula is C14H12BrClFNOS. The molecule has 0 saturated heterocycles. The molecular weight excluding hydrogens is 365 g/mol. The van der Waals surface area contributed by atoms with Crippen molar-refractivity contribution in [2.75, 3.05) is 6.54 Å². The third-order valence-corrected chi connectivity index (χ3v) is 4.85. The molecule has 0 spiro atoms. The Balaban J connectivity index is 2.23. The van der Waals surface area contributed by atoms with E-state index < -0.39 is 5.82 Å². The van der Waals surface area contributed by atoms with Gasteiger partial charge in [-0.15, -0.1) is 11.3 Å². The highest BCUT2D eigenvalue weighted by Crippen LogP contribution is 2.25. The molecule has 0 aliphatic heterocycles. The van der Waals surface area contributed by atoms with E-state index in [-0.39, 0.29) is 10.4 Å². The number of rotatable bonds is 4. The summed E-state index contributed by atoms with van der Waals surface area (Å²) in [4.78, 5) is 15.1. The Labute approximate surface area is 134 Å². The van der Waals surface area contributed by atoms with E-state index in [2.05, 4.69) is 15.9 Å². The van der Waals surface area contributed by atoms with E-state index in [1.807, 2.05) is 13.0 Å². The SMILES string of the molecule is CCN(Cc1ccc(Cl)s1)C(=O)c1cccc(F)c1Br. The van der Waals surface area contributed by atoms with Gasteiger partial charge in [0.15, 0.2) is 0 Å². The molecule has 0 aliphatic rings. The molecule has 6 heteroatoms. The summed E-state index contributed by atoms with van der Waals surface area (Å²) >= 11 is 10.5.